The molecular weight excluding hydrogens is 200 g/mol. The van der Waals surface area contributed by atoms with Gasteiger partial charge >= 0.3 is 5.97 Å². The zero-order chi connectivity index (χ0) is 11.4. The highest BCUT2D eigenvalue weighted by molar-refractivity contribution is 6.18. The van der Waals surface area contributed by atoms with E-state index in [2.05, 4.69) is 13.8 Å². The molecule has 0 N–H and O–H groups in total. The number of carbonyl (C=O) groups excluding carboxylic acids is 1. The van der Waals surface area contributed by atoms with Gasteiger partial charge in [-0.2, -0.15) is 0 Å². The zero-order valence-electron chi connectivity index (χ0n) is 9.82. The van der Waals surface area contributed by atoms with Crippen molar-refractivity contribution in [2.75, 3.05) is 13.0 Å². The molecule has 14 heavy (non-hydrogen) atoms. The van der Waals surface area contributed by atoms with Gasteiger partial charge in [0.1, 0.15) is 0 Å². The molecule has 0 atom stereocenters. The summed E-state index contributed by atoms with van der Waals surface area (Å²) in [6.45, 7) is 8.02. The molecule has 0 saturated heterocycles. The standard InChI is InChI=1S/C11H21ClO2/c1-10(2,8-12)6-7-11(3,4)9(13)14-5/h6-8H2,1-5H3. The third-order valence-electron chi connectivity index (χ3n) is 2.53. The molecule has 0 aliphatic carbocycles. The quantitative estimate of drug-likeness (QED) is 0.525. The van der Waals surface area contributed by atoms with Gasteiger partial charge in [0, 0.05) is 5.88 Å². The fourth-order valence-corrected chi connectivity index (χ4v) is 1.23. The van der Waals surface area contributed by atoms with Crippen molar-refractivity contribution in [3.05, 3.63) is 0 Å². The zero-order valence-corrected chi connectivity index (χ0v) is 10.6. The van der Waals surface area contributed by atoms with Gasteiger partial charge in [-0.3, -0.25) is 4.79 Å². The van der Waals surface area contributed by atoms with E-state index in [1.54, 1.807) is 0 Å². The van der Waals surface area contributed by atoms with Crippen LogP contribution in [0.2, 0.25) is 0 Å². The highest BCUT2D eigenvalue weighted by Crippen LogP contribution is 2.32. The van der Waals surface area contributed by atoms with Crippen LogP contribution in [0.5, 0.6) is 0 Å². The average molecular weight is 221 g/mol. The van der Waals surface area contributed by atoms with Crippen molar-refractivity contribution in [3.63, 3.8) is 0 Å². The fraction of sp³-hybridized carbons (Fsp3) is 0.909. The molecule has 84 valence electrons. The second-order valence-corrected chi connectivity index (χ2v) is 5.44. The van der Waals surface area contributed by atoms with E-state index in [-0.39, 0.29) is 11.4 Å². The third kappa shape index (κ3) is 4.32. The Kier molecular flexibility index (Phi) is 4.93. The van der Waals surface area contributed by atoms with E-state index in [9.17, 15) is 4.79 Å². The van der Waals surface area contributed by atoms with E-state index < -0.39 is 5.41 Å². The van der Waals surface area contributed by atoms with Crippen LogP contribution in [0, 0.1) is 10.8 Å². The fourth-order valence-electron chi connectivity index (χ4n) is 1.10. The summed E-state index contributed by atoms with van der Waals surface area (Å²) in [4.78, 5) is 11.4. The number of methoxy groups -OCH3 is 1. The lowest BCUT2D eigenvalue weighted by Gasteiger charge is -2.27. The molecule has 3 heteroatoms. The van der Waals surface area contributed by atoms with Gasteiger partial charge in [0.15, 0.2) is 0 Å². The number of hydrogen-bond acceptors (Lipinski definition) is 2. The smallest absolute Gasteiger partial charge is 0.311 e. The van der Waals surface area contributed by atoms with Gasteiger partial charge < -0.3 is 4.74 Å². The molecule has 0 unspecified atom stereocenters. The van der Waals surface area contributed by atoms with Crippen molar-refractivity contribution in [1.82, 2.24) is 0 Å². The van der Waals surface area contributed by atoms with E-state index in [0.717, 1.165) is 12.8 Å². The van der Waals surface area contributed by atoms with Crippen LogP contribution in [-0.4, -0.2) is 19.0 Å². The molecule has 0 aromatic heterocycles. The minimum Gasteiger partial charge on any atom is -0.469 e. The molecule has 0 amide bonds. The maximum Gasteiger partial charge on any atom is 0.311 e. The first-order valence-corrected chi connectivity index (χ1v) is 5.43. The third-order valence-corrected chi connectivity index (χ3v) is 3.25. The molecule has 0 bridgehead atoms. The van der Waals surface area contributed by atoms with Crippen molar-refractivity contribution >= 4 is 17.6 Å². The van der Waals surface area contributed by atoms with Crippen molar-refractivity contribution in [1.29, 1.82) is 0 Å². The van der Waals surface area contributed by atoms with Crippen LogP contribution in [0.4, 0.5) is 0 Å². The Labute approximate surface area is 92.0 Å². The van der Waals surface area contributed by atoms with E-state index >= 15 is 0 Å². The summed E-state index contributed by atoms with van der Waals surface area (Å²) in [5.41, 5.74) is -0.315. The number of hydrogen-bond donors (Lipinski definition) is 0. The highest BCUT2D eigenvalue weighted by atomic mass is 35.5. The molecule has 0 aromatic rings. The van der Waals surface area contributed by atoms with Crippen LogP contribution >= 0.6 is 11.6 Å². The van der Waals surface area contributed by atoms with E-state index in [0.29, 0.717) is 5.88 Å². The summed E-state index contributed by atoms with van der Waals surface area (Å²) in [7, 11) is 1.43. The van der Waals surface area contributed by atoms with Gasteiger partial charge in [-0.1, -0.05) is 13.8 Å². The average Bonchev–Trinajstić information content (AvgIpc) is 2.14. The first-order chi connectivity index (χ1) is 6.25. The highest BCUT2D eigenvalue weighted by Gasteiger charge is 2.30. The van der Waals surface area contributed by atoms with Crippen LogP contribution in [0.15, 0.2) is 0 Å². The van der Waals surface area contributed by atoms with Crippen LogP contribution in [-0.2, 0) is 9.53 Å². The number of carbonyl (C=O) groups is 1. The van der Waals surface area contributed by atoms with Gasteiger partial charge in [-0.05, 0) is 32.1 Å². The van der Waals surface area contributed by atoms with Gasteiger partial charge in [0.25, 0.3) is 0 Å². The lowest BCUT2D eigenvalue weighted by Crippen LogP contribution is -2.28. The predicted octanol–water partition coefficient (Wildman–Crippen LogP) is 3.23. The minimum atomic E-state index is -0.405. The maximum atomic E-state index is 11.4. The van der Waals surface area contributed by atoms with Crippen molar-refractivity contribution in [3.8, 4) is 0 Å². The van der Waals surface area contributed by atoms with Crippen molar-refractivity contribution in [2.24, 2.45) is 10.8 Å². The second-order valence-electron chi connectivity index (χ2n) is 5.17. The van der Waals surface area contributed by atoms with Gasteiger partial charge in [-0.25, -0.2) is 0 Å². The van der Waals surface area contributed by atoms with E-state index in [1.807, 2.05) is 13.8 Å². The van der Waals surface area contributed by atoms with Gasteiger partial charge in [0.05, 0.1) is 12.5 Å². The Hall–Kier alpha value is -0.240. The largest absolute Gasteiger partial charge is 0.469 e. The SMILES string of the molecule is COC(=O)C(C)(C)CCC(C)(C)CCl. The summed E-state index contributed by atoms with van der Waals surface area (Å²) >= 11 is 5.82. The van der Waals surface area contributed by atoms with Crippen LogP contribution < -0.4 is 0 Å². The minimum absolute atomic E-state index is 0.0901. The lowest BCUT2D eigenvalue weighted by atomic mass is 9.80. The normalized spacial score (nSPS) is 12.7. The molecule has 0 heterocycles. The van der Waals surface area contributed by atoms with Crippen LogP contribution in [0.3, 0.4) is 0 Å². The summed E-state index contributed by atoms with van der Waals surface area (Å²) in [5.74, 6) is 0.465. The maximum absolute atomic E-state index is 11.4. The Bertz CT molecular complexity index is 197. The molecule has 2 nitrogen and oxygen atoms in total. The Balaban J connectivity index is 4.18. The molecule has 0 aliphatic heterocycles. The number of alkyl halides is 1. The number of ether oxygens (including phenoxy) is 1. The van der Waals surface area contributed by atoms with E-state index in [1.165, 1.54) is 7.11 Å². The molecule has 0 radical (unpaired) electrons. The van der Waals surface area contributed by atoms with Crippen molar-refractivity contribution in [2.45, 2.75) is 40.5 Å². The first-order valence-electron chi connectivity index (χ1n) is 4.89. The van der Waals surface area contributed by atoms with Gasteiger partial charge in [0.2, 0.25) is 0 Å². The molecule has 0 spiro atoms. The topological polar surface area (TPSA) is 26.3 Å². The molecule has 0 rings (SSSR count). The predicted molar refractivity (Wildman–Crippen MR) is 59.5 cm³/mol. The molecule has 0 aromatic carbocycles. The summed E-state index contributed by atoms with van der Waals surface area (Å²) in [5, 5.41) is 0. The Morgan fingerprint density at radius 2 is 1.71 bits per heavy atom. The van der Waals surface area contributed by atoms with Crippen LogP contribution in [0.1, 0.15) is 40.5 Å². The molecule has 0 saturated carbocycles. The summed E-state index contributed by atoms with van der Waals surface area (Å²) in [6.07, 6.45) is 1.73. The molecule has 0 fully saturated rings. The lowest BCUT2D eigenvalue weighted by molar-refractivity contribution is -0.151. The van der Waals surface area contributed by atoms with Gasteiger partial charge in [-0.15, -0.1) is 11.6 Å². The summed E-state index contributed by atoms with van der Waals surface area (Å²) in [6, 6.07) is 0. The monoisotopic (exact) mass is 220 g/mol. The number of halogens is 1. The number of esters is 1. The van der Waals surface area contributed by atoms with E-state index in [4.69, 9.17) is 16.3 Å². The van der Waals surface area contributed by atoms with Crippen molar-refractivity contribution < 1.29 is 9.53 Å². The van der Waals surface area contributed by atoms with Crippen LogP contribution in [0.25, 0.3) is 0 Å². The summed E-state index contributed by atoms with van der Waals surface area (Å²) < 4.78 is 4.74. The molecule has 0 aliphatic rings. The Morgan fingerprint density at radius 1 is 1.21 bits per heavy atom. The number of rotatable bonds is 5. The Morgan fingerprint density at radius 3 is 2.07 bits per heavy atom. The second kappa shape index (κ2) is 5.01. The first kappa shape index (κ1) is 13.8. The molecular formula is C11H21ClO2.